The highest BCUT2D eigenvalue weighted by atomic mass is 35.5. The van der Waals surface area contributed by atoms with Gasteiger partial charge in [-0.15, -0.1) is 0 Å². The number of benzene rings is 1. The molecule has 4 nitrogen and oxygen atoms in total. The third-order valence-corrected chi connectivity index (χ3v) is 3.38. The average molecular weight is 292 g/mol. The zero-order valence-electron chi connectivity index (χ0n) is 11.7. The zero-order valence-corrected chi connectivity index (χ0v) is 12.4. The number of carbonyl (C=O) groups excluding carboxylic acids is 1. The minimum atomic E-state index is -0.135. The summed E-state index contributed by atoms with van der Waals surface area (Å²) in [4.78, 5) is 11.9. The van der Waals surface area contributed by atoms with E-state index in [0.717, 1.165) is 24.4 Å². The monoisotopic (exact) mass is 291 g/mol. The molecule has 0 aliphatic rings. The van der Waals surface area contributed by atoms with Gasteiger partial charge >= 0.3 is 0 Å². The molecular weight excluding hydrogens is 274 g/mol. The van der Waals surface area contributed by atoms with E-state index in [2.05, 4.69) is 10.4 Å². The van der Waals surface area contributed by atoms with Crippen LogP contribution in [-0.4, -0.2) is 22.2 Å². The summed E-state index contributed by atoms with van der Waals surface area (Å²) >= 11 is 5.98. The number of rotatable bonds is 5. The first-order valence-electron chi connectivity index (χ1n) is 6.61. The molecular formula is C15H18ClN3O. The quantitative estimate of drug-likeness (QED) is 0.861. The second-order valence-electron chi connectivity index (χ2n) is 4.74. The number of aromatic nitrogens is 2. The lowest BCUT2D eigenvalue weighted by Gasteiger charge is -2.07. The summed E-state index contributed by atoms with van der Waals surface area (Å²) in [5.41, 5.74) is 2.67. The molecule has 1 aromatic heterocycles. The van der Waals surface area contributed by atoms with Gasteiger partial charge in [-0.05, 0) is 38.5 Å². The van der Waals surface area contributed by atoms with E-state index in [1.807, 2.05) is 30.7 Å². The van der Waals surface area contributed by atoms with E-state index >= 15 is 0 Å². The Morgan fingerprint density at radius 3 is 2.75 bits per heavy atom. The molecule has 2 rings (SSSR count). The first-order valence-corrected chi connectivity index (χ1v) is 6.99. The highest BCUT2D eigenvalue weighted by molar-refractivity contribution is 6.33. The van der Waals surface area contributed by atoms with Gasteiger partial charge in [0.15, 0.2) is 0 Å². The topological polar surface area (TPSA) is 46.9 Å². The lowest BCUT2D eigenvalue weighted by Crippen LogP contribution is -2.25. The highest BCUT2D eigenvalue weighted by Crippen LogP contribution is 2.14. The van der Waals surface area contributed by atoms with E-state index < -0.39 is 0 Å². The van der Waals surface area contributed by atoms with Crippen molar-refractivity contribution in [1.82, 2.24) is 15.1 Å². The van der Waals surface area contributed by atoms with E-state index in [4.69, 9.17) is 11.6 Å². The Bertz CT molecular complexity index is 607. The van der Waals surface area contributed by atoms with E-state index in [9.17, 15) is 4.79 Å². The summed E-state index contributed by atoms with van der Waals surface area (Å²) < 4.78 is 1.96. The molecule has 0 spiro atoms. The molecule has 0 radical (unpaired) electrons. The van der Waals surface area contributed by atoms with Gasteiger partial charge in [0.25, 0.3) is 5.91 Å². The Morgan fingerprint density at radius 1 is 1.35 bits per heavy atom. The first-order chi connectivity index (χ1) is 9.58. The lowest BCUT2D eigenvalue weighted by molar-refractivity contribution is 0.0952. The Hall–Kier alpha value is -1.81. The van der Waals surface area contributed by atoms with Crippen molar-refractivity contribution >= 4 is 17.5 Å². The standard InChI is InChI=1S/C15H18ClN3O/c1-11-10-12(2)19(18-11)9-5-8-17-15(20)13-6-3-4-7-14(13)16/h3-4,6-7,10H,5,8-9H2,1-2H3,(H,17,20). The SMILES string of the molecule is Cc1cc(C)n(CCCNC(=O)c2ccccc2Cl)n1. The third-order valence-electron chi connectivity index (χ3n) is 3.05. The van der Waals surface area contributed by atoms with Crippen LogP contribution in [0, 0.1) is 13.8 Å². The van der Waals surface area contributed by atoms with Crippen LogP contribution in [0.3, 0.4) is 0 Å². The summed E-state index contributed by atoms with van der Waals surface area (Å²) in [5.74, 6) is -0.135. The van der Waals surface area contributed by atoms with Crippen molar-refractivity contribution in [2.24, 2.45) is 0 Å². The van der Waals surface area contributed by atoms with Gasteiger partial charge in [-0.3, -0.25) is 9.48 Å². The number of nitrogens with one attached hydrogen (secondary N) is 1. The summed E-state index contributed by atoms with van der Waals surface area (Å²) in [6, 6.07) is 9.09. The van der Waals surface area contributed by atoms with Crippen molar-refractivity contribution in [3.8, 4) is 0 Å². The predicted molar refractivity (Wildman–Crippen MR) is 80.1 cm³/mol. The molecule has 1 amide bonds. The van der Waals surface area contributed by atoms with Crippen LogP contribution in [0.2, 0.25) is 5.02 Å². The third kappa shape index (κ3) is 3.61. The normalized spacial score (nSPS) is 10.6. The van der Waals surface area contributed by atoms with Crippen LogP contribution in [0.15, 0.2) is 30.3 Å². The molecule has 5 heteroatoms. The van der Waals surface area contributed by atoms with Gasteiger partial charge in [-0.1, -0.05) is 23.7 Å². The van der Waals surface area contributed by atoms with Crippen molar-refractivity contribution in [2.45, 2.75) is 26.8 Å². The number of halogens is 1. The van der Waals surface area contributed by atoms with E-state index in [0.29, 0.717) is 17.1 Å². The van der Waals surface area contributed by atoms with Gasteiger partial charge in [0.05, 0.1) is 16.3 Å². The average Bonchev–Trinajstić information content (AvgIpc) is 2.73. The molecule has 0 unspecified atom stereocenters. The molecule has 0 aliphatic heterocycles. The number of aryl methyl sites for hydroxylation is 3. The number of hydrogen-bond donors (Lipinski definition) is 1. The van der Waals surface area contributed by atoms with Crippen molar-refractivity contribution in [3.05, 3.63) is 52.3 Å². The van der Waals surface area contributed by atoms with Crippen LogP contribution in [0.25, 0.3) is 0 Å². The fourth-order valence-electron chi connectivity index (χ4n) is 2.07. The molecule has 0 aliphatic carbocycles. The highest BCUT2D eigenvalue weighted by Gasteiger charge is 2.08. The Balaban J connectivity index is 1.80. The molecule has 0 fully saturated rings. The number of hydrogen-bond acceptors (Lipinski definition) is 2. The van der Waals surface area contributed by atoms with E-state index in [-0.39, 0.29) is 5.91 Å². The van der Waals surface area contributed by atoms with Gasteiger partial charge in [-0.25, -0.2) is 0 Å². The fraction of sp³-hybridized carbons (Fsp3) is 0.333. The van der Waals surface area contributed by atoms with Crippen molar-refractivity contribution in [1.29, 1.82) is 0 Å². The molecule has 0 bridgehead atoms. The predicted octanol–water partition coefficient (Wildman–Crippen LogP) is 2.97. The van der Waals surface area contributed by atoms with Gasteiger partial charge in [0.1, 0.15) is 0 Å². The van der Waals surface area contributed by atoms with Crippen LogP contribution >= 0.6 is 11.6 Å². The molecule has 0 atom stereocenters. The molecule has 0 saturated carbocycles. The maximum atomic E-state index is 11.9. The molecule has 1 heterocycles. The number of amides is 1. The van der Waals surface area contributed by atoms with Crippen molar-refractivity contribution in [2.75, 3.05) is 6.54 Å². The fourth-order valence-corrected chi connectivity index (χ4v) is 2.29. The summed E-state index contributed by atoms with van der Waals surface area (Å²) in [7, 11) is 0. The molecule has 20 heavy (non-hydrogen) atoms. The van der Waals surface area contributed by atoms with Crippen LogP contribution in [-0.2, 0) is 6.54 Å². The second kappa shape index (κ2) is 6.57. The second-order valence-corrected chi connectivity index (χ2v) is 5.15. The molecule has 106 valence electrons. The van der Waals surface area contributed by atoms with Crippen LogP contribution in [0.5, 0.6) is 0 Å². The molecule has 1 aromatic carbocycles. The number of nitrogens with zero attached hydrogens (tertiary/aromatic N) is 2. The summed E-state index contributed by atoms with van der Waals surface area (Å²) in [5, 5.41) is 7.73. The van der Waals surface area contributed by atoms with Crippen LogP contribution < -0.4 is 5.32 Å². The Labute approximate surface area is 123 Å². The molecule has 2 aromatic rings. The van der Waals surface area contributed by atoms with E-state index in [1.165, 1.54) is 0 Å². The van der Waals surface area contributed by atoms with Gasteiger partial charge < -0.3 is 5.32 Å². The largest absolute Gasteiger partial charge is 0.352 e. The van der Waals surface area contributed by atoms with Crippen LogP contribution in [0.4, 0.5) is 0 Å². The van der Waals surface area contributed by atoms with Gasteiger partial charge in [-0.2, -0.15) is 5.10 Å². The molecule has 0 saturated heterocycles. The van der Waals surface area contributed by atoms with E-state index in [1.54, 1.807) is 18.2 Å². The Morgan fingerprint density at radius 2 is 2.10 bits per heavy atom. The zero-order chi connectivity index (χ0) is 14.5. The maximum absolute atomic E-state index is 11.9. The summed E-state index contributed by atoms with van der Waals surface area (Å²) in [6.07, 6.45) is 0.832. The van der Waals surface area contributed by atoms with Gasteiger partial charge in [0, 0.05) is 18.8 Å². The summed E-state index contributed by atoms with van der Waals surface area (Å²) in [6.45, 7) is 5.40. The molecule has 1 N–H and O–H groups in total. The number of carbonyl (C=O) groups is 1. The van der Waals surface area contributed by atoms with Crippen LogP contribution in [0.1, 0.15) is 28.2 Å². The first kappa shape index (κ1) is 14.6. The maximum Gasteiger partial charge on any atom is 0.252 e. The van der Waals surface area contributed by atoms with Gasteiger partial charge in [0.2, 0.25) is 0 Å². The minimum absolute atomic E-state index is 0.135. The smallest absolute Gasteiger partial charge is 0.252 e. The van der Waals surface area contributed by atoms with Crippen molar-refractivity contribution < 1.29 is 4.79 Å². The lowest BCUT2D eigenvalue weighted by atomic mass is 10.2. The minimum Gasteiger partial charge on any atom is -0.352 e. The van der Waals surface area contributed by atoms with Crippen molar-refractivity contribution in [3.63, 3.8) is 0 Å². The Kier molecular flexibility index (Phi) is 4.79.